The Bertz CT molecular complexity index is 283. The Morgan fingerprint density at radius 3 is 2.31 bits per heavy atom. The van der Waals surface area contributed by atoms with Gasteiger partial charge in [0, 0.05) is 11.8 Å². The van der Waals surface area contributed by atoms with Crippen LogP contribution in [0.25, 0.3) is 0 Å². The first-order chi connectivity index (χ1) is 5.91. The lowest BCUT2D eigenvalue weighted by Crippen LogP contribution is -2.07. The van der Waals surface area contributed by atoms with Crippen molar-refractivity contribution in [3.63, 3.8) is 0 Å². The first kappa shape index (κ1) is 10.5. The SMILES string of the molecule is OC(Br)c1ccc(C(F)(F)F)nc1. The van der Waals surface area contributed by atoms with Crippen LogP contribution in [0.1, 0.15) is 16.3 Å². The number of hydrogen-bond acceptors (Lipinski definition) is 2. The normalized spacial score (nSPS) is 14.2. The fourth-order valence-corrected chi connectivity index (χ4v) is 0.985. The average molecular weight is 256 g/mol. The van der Waals surface area contributed by atoms with E-state index in [-0.39, 0.29) is 5.56 Å². The van der Waals surface area contributed by atoms with Crippen LogP contribution in [0.15, 0.2) is 18.3 Å². The van der Waals surface area contributed by atoms with Crippen LogP contribution in [0.3, 0.4) is 0 Å². The molecule has 0 spiro atoms. The summed E-state index contributed by atoms with van der Waals surface area (Å²) in [5.41, 5.74) is -0.683. The number of alkyl halides is 4. The van der Waals surface area contributed by atoms with Crippen LogP contribution in [0.2, 0.25) is 0 Å². The molecule has 1 unspecified atom stereocenters. The molecule has 1 aromatic rings. The molecular formula is C7H5BrF3NO. The predicted molar refractivity (Wildman–Crippen MR) is 43.1 cm³/mol. The molecular weight excluding hydrogens is 251 g/mol. The maximum Gasteiger partial charge on any atom is 0.433 e. The van der Waals surface area contributed by atoms with Crippen molar-refractivity contribution in [2.24, 2.45) is 0 Å². The Balaban J connectivity index is 2.94. The third kappa shape index (κ3) is 2.67. The summed E-state index contributed by atoms with van der Waals surface area (Å²) in [7, 11) is 0. The Kier molecular flexibility index (Phi) is 2.92. The van der Waals surface area contributed by atoms with Crippen molar-refractivity contribution in [1.29, 1.82) is 0 Å². The lowest BCUT2D eigenvalue weighted by Gasteiger charge is -2.06. The van der Waals surface area contributed by atoms with Crippen molar-refractivity contribution in [1.82, 2.24) is 4.98 Å². The monoisotopic (exact) mass is 255 g/mol. The highest BCUT2D eigenvalue weighted by Gasteiger charge is 2.32. The molecule has 1 atom stereocenters. The zero-order valence-electron chi connectivity index (χ0n) is 6.22. The summed E-state index contributed by atoms with van der Waals surface area (Å²) in [4.78, 5) is 3.16. The molecule has 13 heavy (non-hydrogen) atoms. The van der Waals surface area contributed by atoms with E-state index in [0.717, 1.165) is 18.3 Å². The Labute approximate surface area is 80.5 Å². The minimum Gasteiger partial charge on any atom is -0.377 e. The average Bonchev–Trinajstić information content (AvgIpc) is 2.03. The number of aliphatic hydroxyl groups is 1. The van der Waals surface area contributed by atoms with Crippen molar-refractivity contribution >= 4 is 15.9 Å². The van der Waals surface area contributed by atoms with E-state index in [1.807, 2.05) is 0 Å². The van der Waals surface area contributed by atoms with Gasteiger partial charge in [0.2, 0.25) is 0 Å². The lowest BCUT2D eigenvalue weighted by molar-refractivity contribution is -0.141. The van der Waals surface area contributed by atoms with Gasteiger partial charge in [-0.2, -0.15) is 13.2 Å². The van der Waals surface area contributed by atoms with E-state index in [9.17, 15) is 13.2 Å². The predicted octanol–water partition coefficient (Wildman–Crippen LogP) is 2.49. The molecule has 0 amide bonds. The molecule has 0 aliphatic heterocycles. The van der Waals surface area contributed by atoms with Crippen LogP contribution in [0, 0.1) is 0 Å². The summed E-state index contributed by atoms with van der Waals surface area (Å²) >= 11 is 2.79. The van der Waals surface area contributed by atoms with Crippen LogP contribution in [-0.4, -0.2) is 10.1 Å². The Morgan fingerprint density at radius 2 is 2.00 bits per heavy atom. The van der Waals surface area contributed by atoms with Gasteiger partial charge in [0.15, 0.2) is 0 Å². The van der Waals surface area contributed by atoms with Crippen LogP contribution >= 0.6 is 15.9 Å². The summed E-state index contributed by atoms with van der Waals surface area (Å²) in [6.45, 7) is 0. The van der Waals surface area contributed by atoms with Crippen molar-refractivity contribution in [2.45, 2.75) is 11.2 Å². The highest BCUT2D eigenvalue weighted by Crippen LogP contribution is 2.28. The van der Waals surface area contributed by atoms with Crippen LogP contribution < -0.4 is 0 Å². The third-order valence-electron chi connectivity index (χ3n) is 1.35. The van der Waals surface area contributed by atoms with Crippen LogP contribution in [0.4, 0.5) is 13.2 Å². The summed E-state index contributed by atoms with van der Waals surface area (Å²) < 4.78 is 36.0. The molecule has 0 fully saturated rings. The molecule has 1 heterocycles. The number of aliphatic hydroxyl groups excluding tert-OH is 1. The van der Waals surface area contributed by atoms with Crippen molar-refractivity contribution < 1.29 is 18.3 Å². The van der Waals surface area contributed by atoms with E-state index >= 15 is 0 Å². The van der Waals surface area contributed by atoms with Gasteiger partial charge in [-0.05, 0) is 6.07 Å². The molecule has 2 nitrogen and oxygen atoms in total. The maximum atomic E-state index is 12.0. The maximum absolute atomic E-state index is 12.0. The number of halogens is 4. The second kappa shape index (κ2) is 3.63. The van der Waals surface area contributed by atoms with Crippen LogP contribution in [-0.2, 0) is 6.18 Å². The molecule has 0 saturated heterocycles. The molecule has 0 aliphatic carbocycles. The molecule has 0 aromatic carbocycles. The van der Waals surface area contributed by atoms with E-state index in [1.165, 1.54) is 0 Å². The second-order valence-electron chi connectivity index (χ2n) is 2.31. The number of aromatic nitrogens is 1. The van der Waals surface area contributed by atoms with E-state index in [4.69, 9.17) is 5.11 Å². The minimum absolute atomic E-state index is 0.285. The summed E-state index contributed by atoms with van der Waals surface area (Å²) in [6.07, 6.45) is -3.46. The third-order valence-corrected chi connectivity index (χ3v) is 1.88. The van der Waals surface area contributed by atoms with Crippen molar-refractivity contribution in [3.8, 4) is 0 Å². The lowest BCUT2D eigenvalue weighted by atomic mass is 10.2. The van der Waals surface area contributed by atoms with E-state index in [2.05, 4.69) is 20.9 Å². The molecule has 1 aromatic heterocycles. The summed E-state index contributed by atoms with van der Waals surface area (Å²) in [6, 6.07) is 1.98. The molecule has 72 valence electrons. The second-order valence-corrected chi connectivity index (χ2v) is 3.18. The zero-order valence-corrected chi connectivity index (χ0v) is 7.80. The van der Waals surface area contributed by atoms with Gasteiger partial charge in [0.1, 0.15) is 10.7 Å². The Hall–Kier alpha value is -0.620. The standard InChI is InChI=1S/C7H5BrF3NO/c8-6(13)4-1-2-5(12-3-4)7(9,10)11/h1-3,6,13H. The van der Waals surface area contributed by atoms with Gasteiger partial charge >= 0.3 is 6.18 Å². The number of hydrogen-bond donors (Lipinski definition) is 1. The smallest absolute Gasteiger partial charge is 0.377 e. The van der Waals surface area contributed by atoms with Gasteiger partial charge in [-0.3, -0.25) is 4.98 Å². The topological polar surface area (TPSA) is 33.1 Å². The number of pyridine rings is 1. The highest BCUT2D eigenvalue weighted by atomic mass is 79.9. The van der Waals surface area contributed by atoms with E-state index < -0.39 is 16.9 Å². The van der Waals surface area contributed by atoms with E-state index in [1.54, 1.807) is 0 Å². The van der Waals surface area contributed by atoms with Crippen LogP contribution in [0.5, 0.6) is 0 Å². The van der Waals surface area contributed by atoms with Crippen molar-refractivity contribution in [2.75, 3.05) is 0 Å². The molecule has 0 saturated carbocycles. The summed E-state index contributed by atoms with van der Waals surface area (Å²) in [5, 5.41) is 7.93. The Morgan fingerprint density at radius 1 is 1.38 bits per heavy atom. The molecule has 0 aliphatic rings. The molecule has 0 radical (unpaired) electrons. The molecule has 1 N–H and O–H groups in total. The van der Waals surface area contributed by atoms with Gasteiger partial charge in [0.25, 0.3) is 0 Å². The minimum atomic E-state index is -4.43. The zero-order chi connectivity index (χ0) is 10.1. The van der Waals surface area contributed by atoms with Gasteiger partial charge in [-0.1, -0.05) is 22.0 Å². The fourth-order valence-electron chi connectivity index (χ4n) is 0.714. The van der Waals surface area contributed by atoms with Gasteiger partial charge < -0.3 is 5.11 Å². The van der Waals surface area contributed by atoms with E-state index in [0.29, 0.717) is 0 Å². The van der Waals surface area contributed by atoms with Gasteiger partial charge in [0.05, 0.1) is 0 Å². The first-order valence-electron chi connectivity index (χ1n) is 3.26. The van der Waals surface area contributed by atoms with Gasteiger partial charge in [-0.15, -0.1) is 0 Å². The molecule has 6 heteroatoms. The largest absolute Gasteiger partial charge is 0.433 e. The van der Waals surface area contributed by atoms with Gasteiger partial charge in [-0.25, -0.2) is 0 Å². The fraction of sp³-hybridized carbons (Fsp3) is 0.286. The number of nitrogens with zero attached hydrogens (tertiary/aromatic N) is 1. The quantitative estimate of drug-likeness (QED) is 0.783. The molecule has 0 bridgehead atoms. The van der Waals surface area contributed by atoms with Crippen molar-refractivity contribution in [3.05, 3.63) is 29.6 Å². The summed E-state index contributed by atoms with van der Waals surface area (Å²) in [5.74, 6) is 0. The first-order valence-corrected chi connectivity index (χ1v) is 4.18. The molecule has 1 rings (SSSR count). The highest BCUT2D eigenvalue weighted by molar-refractivity contribution is 9.09. The number of rotatable bonds is 1.